The number of hydrogen-bond donors (Lipinski definition) is 0. The van der Waals surface area contributed by atoms with Crippen LogP contribution in [0.3, 0.4) is 0 Å². The SMILES string of the molecule is CCN(CC)C(=O)N(CC)CCOC(=O)/C=C/C(=O)Oc1ccccc1. The van der Waals surface area contributed by atoms with Gasteiger partial charge in [-0.3, -0.25) is 0 Å². The van der Waals surface area contributed by atoms with Crippen molar-refractivity contribution in [1.82, 2.24) is 9.80 Å². The molecule has 0 spiro atoms. The molecule has 142 valence electrons. The fourth-order valence-corrected chi connectivity index (χ4v) is 2.16. The van der Waals surface area contributed by atoms with E-state index in [9.17, 15) is 14.4 Å². The minimum Gasteiger partial charge on any atom is -0.461 e. The molecule has 0 fully saturated rings. The second-order valence-corrected chi connectivity index (χ2v) is 5.27. The van der Waals surface area contributed by atoms with Gasteiger partial charge in [0.2, 0.25) is 0 Å². The maximum atomic E-state index is 12.2. The summed E-state index contributed by atoms with van der Waals surface area (Å²) in [6, 6.07) is 8.46. The summed E-state index contributed by atoms with van der Waals surface area (Å²) in [5.41, 5.74) is 0. The Morgan fingerprint density at radius 2 is 1.46 bits per heavy atom. The summed E-state index contributed by atoms with van der Waals surface area (Å²) in [6.45, 7) is 7.80. The van der Waals surface area contributed by atoms with Crippen LogP contribution in [0.15, 0.2) is 42.5 Å². The second kappa shape index (κ2) is 11.7. The molecule has 0 aromatic heterocycles. The summed E-state index contributed by atoms with van der Waals surface area (Å²) in [4.78, 5) is 38.8. The van der Waals surface area contributed by atoms with Gasteiger partial charge in [0, 0.05) is 31.8 Å². The lowest BCUT2D eigenvalue weighted by atomic mass is 10.3. The van der Waals surface area contributed by atoms with Crippen molar-refractivity contribution in [1.29, 1.82) is 0 Å². The Labute approximate surface area is 154 Å². The van der Waals surface area contributed by atoms with Crippen molar-refractivity contribution in [3.05, 3.63) is 42.5 Å². The smallest absolute Gasteiger partial charge is 0.336 e. The van der Waals surface area contributed by atoms with E-state index in [-0.39, 0.29) is 12.6 Å². The molecular formula is C19H26N2O5. The van der Waals surface area contributed by atoms with Crippen molar-refractivity contribution in [3.63, 3.8) is 0 Å². The molecule has 0 unspecified atom stereocenters. The van der Waals surface area contributed by atoms with Gasteiger partial charge in [0.1, 0.15) is 12.4 Å². The van der Waals surface area contributed by atoms with Crippen LogP contribution >= 0.6 is 0 Å². The lowest BCUT2D eigenvalue weighted by Gasteiger charge is -2.28. The monoisotopic (exact) mass is 362 g/mol. The number of amides is 2. The van der Waals surface area contributed by atoms with Crippen LogP contribution in [0, 0.1) is 0 Å². The average molecular weight is 362 g/mol. The third kappa shape index (κ3) is 7.38. The number of para-hydroxylation sites is 1. The number of nitrogens with zero attached hydrogens (tertiary/aromatic N) is 2. The van der Waals surface area contributed by atoms with Gasteiger partial charge in [-0.15, -0.1) is 0 Å². The molecule has 0 aliphatic heterocycles. The fourth-order valence-electron chi connectivity index (χ4n) is 2.16. The Morgan fingerprint density at radius 1 is 0.885 bits per heavy atom. The van der Waals surface area contributed by atoms with E-state index in [2.05, 4.69) is 0 Å². The summed E-state index contributed by atoms with van der Waals surface area (Å²) in [5, 5.41) is 0. The number of benzene rings is 1. The first-order chi connectivity index (χ1) is 12.5. The largest absolute Gasteiger partial charge is 0.461 e. The van der Waals surface area contributed by atoms with Gasteiger partial charge in [-0.1, -0.05) is 18.2 Å². The number of ether oxygens (including phenoxy) is 2. The van der Waals surface area contributed by atoms with Crippen molar-refractivity contribution in [2.75, 3.05) is 32.8 Å². The minimum absolute atomic E-state index is 0.0533. The van der Waals surface area contributed by atoms with E-state index in [1.54, 1.807) is 40.1 Å². The van der Waals surface area contributed by atoms with Gasteiger partial charge in [0.25, 0.3) is 0 Å². The highest BCUT2D eigenvalue weighted by Gasteiger charge is 2.17. The lowest BCUT2D eigenvalue weighted by molar-refractivity contribution is -0.138. The molecule has 0 saturated carbocycles. The lowest BCUT2D eigenvalue weighted by Crippen LogP contribution is -2.44. The Bertz CT molecular complexity index is 612. The zero-order valence-electron chi connectivity index (χ0n) is 15.5. The molecule has 0 N–H and O–H groups in total. The van der Waals surface area contributed by atoms with Gasteiger partial charge in [-0.05, 0) is 32.9 Å². The molecule has 0 heterocycles. The molecule has 0 radical (unpaired) electrons. The Kier molecular flexibility index (Phi) is 9.53. The summed E-state index contributed by atoms with van der Waals surface area (Å²) >= 11 is 0. The molecule has 1 aromatic rings. The number of esters is 2. The third-order valence-corrected chi connectivity index (χ3v) is 3.61. The molecule has 0 bridgehead atoms. The van der Waals surface area contributed by atoms with Crippen LogP contribution in [0.5, 0.6) is 5.75 Å². The molecular weight excluding hydrogens is 336 g/mol. The van der Waals surface area contributed by atoms with Crippen LogP contribution in [0.4, 0.5) is 4.79 Å². The first kappa shape index (κ1) is 21.2. The Morgan fingerprint density at radius 3 is 2.04 bits per heavy atom. The predicted molar refractivity (Wildman–Crippen MR) is 97.7 cm³/mol. The maximum Gasteiger partial charge on any atom is 0.336 e. The highest BCUT2D eigenvalue weighted by molar-refractivity contribution is 5.92. The standard InChI is InChI=1S/C19H26N2O5/c1-4-20(5-2)19(24)21(6-3)14-15-25-17(22)12-13-18(23)26-16-10-8-7-9-11-16/h7-13H,4-6,14-15H2,1-3H3/b13-12+. The number of carbonyl (C=O) groups excluding carboxylic acids is 3. The summed E-state index contributed by atoms with van der Waals surface area (Å²) in [6.07, 6.45) is 2.02. The van der Waals surface area contributed by atoms with Gasteiger partial charge < -0.3 is 19.3 Å². The number of likely N-dealkylation sites (N-methyl/N-ethyl adjacent to an activating group) is 1. The molecule has 7 nitrogen and oxygen atoms in total. The van der Waals surface area contributed by atoms with Gasteiger partial charge in [-0.25, -0.2) is 14.4 Å². The van der Waals surface area contributed by atoms with Gasteiger partial charge >= 0.3 is 18.0 Å². The third-order valence-electron chi connectivity index (χ3n) is 3.61. The molecule has 26 heavy (non-hydrogen) atoms. The highest BCUT2D eigenvalue weighted by Crippen LogP contribution is 2.08. The summed E-state index contributed by atoms with van der Waals surface area (Å²) < 4.78 is 10.0. The van der Waals surface area contributed by atoms with E-state index in [0.717, 1.165) is 12.2 Å². The molecule has 1 aromatic carbocycles. The number of urea groups is 1. The van der Waals surface area contributed by atoms with Crippen molar-refractivity contribution in [2.45, 2.75) is 20.8 Å². The first-order valence-corrected chi connectivity index (χ1v) is 8.67. The van der Waals surface area contributed by atoms with E-state index in [1.807, 2.05) is 20.8 Å². The minimum atomic E-state index is -0.667. The molecule has 1 rings (SSSR count). The molecule has 0 aliphatic rings. The van der Waals surface area contributed by atoms with E-state index in [0.29, 0.717) is 31.9 Å². The van der Waals surface area contributed by atoms with Crippen LogP contribution in [-0.2, 0) is 14.3 Å². The quantitative estimate of drug-likeness (QED) is 0.383. The molecule has 0 atom stereocenters. The maximum absolute atomic E-state index is 12.2. The number of hydrogen-bond acceptors (Lipinski definition) is 5. The predicted octanol–water partition coefficient (Wildman–Crippen LogP) is 2.48. The average Bonchev–Trinajstić information content (AvgIpc) is 2.65. The Hall–Kier alpha value is -2.83. The summed E-state index contributed by atoms with van der Waals surface area (Å²) in [7, 11) is 0. The van der Waals surface area contributed by atoms with Crippen LogP contribution in [-0.4, -0.2) is 60.6 Å². The normalized spacial score (nSPS) is 10.4. The van der Waals surface area contributed by atoms with Crippen LogP contribution in [0.2, 0.25) is 0 Å². The van der Waals surface area contributed by atoms with Crippen molar-refractivity contribution >= 4 is 18.0 Å². The number of rotatable bonds is 9. The molecule has 7 heteroatoms. The van der Waals surface area contributed by atoms with E-state index in [4.69, 9.17) is 9.47 Å². The second-order valence-electron chi connectivity index (χ2n) is 5.27. The van der Waals surface area contributed by atoms with Gasteiger partial charge in [0.05, 0.1) is 6.54 Å². The van der Waals surface area contributed by atoms with Gasteiger partial charge in [-0.2, -0.15) is 0 Å². The molecule has 2 amide bonds. The molecule has 0 saturated heterocycles. The topological polar surface area (TPSA) is 76.2 Å². The zero-order valence-corrected chi connectivity index (χ0v) is 15.5. The van der Waals surface area contributed by atoms with E-state index < -0.39 is 11.9 Å². The van der Waals surface area contributed by atoms with E-state index >= 15 is 0 Å². The fraction of sp³-hybridized carbons (Fsp3) is 0.421. The summed E-state index contributed by atoms with van der Waals surface area (Å²) in [5.74, 6) is -0.939. The first-order valence-electron chi connectivity index (χ1n) is 8.67. The van der Waals surface area contributed by atoms with Gasteiger partial charge in [0.15, 0.2) is 0 Å². The van der Waals surface area contributed by atoms with Crippen molar-refractivity contribution in [2.24, 2.45) is 0 Å². The van der Waals surface area contributed by atoms with Crippen LogP contribution in [0.1, 0.15) is 20.8 Å². The van der Waals surface area contributed by atoms with E-state index in [1.165, 1.54) is 0 Å². The molecule has 0 aliphatic carbocycles. The Balaban J connectivity index is 2.38. The van der Waals surface area contributed by atoms with Crippen molar-refractivity contribution < 1.29 is 23.9 Å². The highest BCUT2D eigenvalue weighted by atomic mass is 16.5. The van der Waals surface area contributed by atoms with Crippen LogP contribution < -0.4 is 4.74 Å². The zero-order chi connectivity index (χ0) is 19.4. The number of carbonyl (C=O) groups is 3. The van der Waals surface area contributed by atoms with Crippen LogP contribution in [0.25, 0.3) is 0 Å². The van der Waals surface area contributed by atoms with Crippen molar-refractivity contribution in [3.8, 4) is 5.75 Å².